The third-order valence-electron chi connectivity index (χ3n) is 6.84. The Morgan fingerprint density at radius 3 is 2.55 bits per heavy atom. The topological polar surface area (TPSA) is 139 Å². The second-order valence-electron chi connectivity index (χ2n) is 9.68. The summed E-state index contributed by atoms with van der Waals surface area (Å²) in [7, 11) is 1.62. The number of anilines is 2. The maximum atomic E-state index is 13.3. The molecule has 3 aromatic heterocycles. The molecule has 11 heteroatoms. The number of amides is 2. The predicted molar refractivity (Wildman–Crippen MR) is 162 cm³/mol. The smallest absolute Gasteiger partial charge is 0.325 e. The van der Waals surface area contributed by atoms with E-state index in [4.69, 9.17) is 14.6 Å². The van der Waals surface area contributed by atoms with Crippen LogP contribution in [0.4, 0.5) is 16.3 Å². The number of hydrogen-bond donors (Lipinski definition) is 4. The molecule has 11 nitrogen and oxygen atoms in total. The quantitative estimate of drug-likeness (QED) is 0.161. The molecule has 0 saturated heterocycles. The van der Waals surface area contributed by atoms with E-state index in [2.05, 4.69) is 32.5 Å². The second-order valence-corrected chi connectivity index (χ2v) is 9.68. The first kappa shape index (κ1) is 26.6. The lowest BCUT2D eigenvalue weighted by Gasteiger charge is -2.14. The van der Waals surface area contributed by atoms with Gasteiger partial charge in [-0.2, -0.15) is 5.10 Å². The van der Waals surface area contributed by atoms with Gasteiger partial charge in [-0.1, -0.05) is 37.6 Å². The van der Waals surface area contributed by atoms with Gasteiger partial charge in [0, 0.05) is 29.1 Å². The van der Waals surface area contributed by atoms with Gasteiger partial charge in [-0.3, -0.25) is 10.3 Å². The minimum atomic E-state index is -0.411. The summed E-state index contributed by atoms with van der Waals surface area (Å²) in [5.74, 6) is 2.30. The maximum Gasteiger partial charge on any atom is 0.325 e. The Hall–Kier alpha value is -5.58. The number of aromatic nitrogens is 5. The van der Waals surface area contributed by atoms with Crippen LogP contribution < -0.4 is 25.8 Å². The monoisotopic (exact) mass is 563 g/mol. The number of pyridine rings is 1. The number of nitrogens with zero attached hydrogens (tertiary/aromatic N) is 3. The van der Waals surface area contributed by atoms with Crippen molar-refractivity contribution in [1.29, 1.82) is 0 Å². The van der Waals surface area contributed by atoms with E-state index in [1.165, 1.54) is 0 Å². The third-order valence-corrected chi connectivity index (χ3v) is 6.84. The number of H-pyrrole nitrogens is 2. The number of fused-ring (bicyclic) bond motifs is 2. The highest BCUT2D eigenvalue weighted by atomic mass is 16.5. The van der Waals surface area contributed by atoms with Crippen LogP contribution in [-0.2, 0) is 6.42 Å². The van der Waals surface area contributed by atoms with E-state index >= 15 is 0 Å². The molecule has 0 aliphatic heterocycles. The van der Waals surface area contributed by atoms with E-state index in [1.54, 1.807) is 36.2 Å². The number of urea groups is 1. The standard InChI is InChI=1S/C31H29N7O4/c1-3-4-7-19-18-27(38(37-19)20-10-12-21(41-2)13-11-20)34-30(39)33-24-14-15-25(23-9-6-5-8-22(23)24)42-26-16-17-32-29-28(26)35-31(40)36-29/h5-6,8-18H,3-4,7H2,1-2H3,(H2,33,34,39)(H2,32,35,36,40). The molecular weight excluding hydrogens is 534 g/mol. The van der Waals surface area contributed by atoms with Gasteiger partial charge in [0.1, 0.15) is 22.8 Å². The normalized spacial score (nSPS) is 11.1. The summed E-state index contributed by atoms with van der Waals surface area (Å²) in [4.78, 5) is 34.6. The van der Waals surface area contributed by atoms with Crippen LogP contribution in [0.5, 0.6) is 17.2 Å². The van der Waals surface area contributed by atoms with Crippen LogP contribution in [-0.4, -0.2) is 37.9 Å². The largest absolute Gasteiger partial charge is 0.497 e. The number of aryl methyl sites for hydroxylation is 1. The van der Waals surface area contributed by atoms with Gasteiger partial charge >= 0.3 is 11.7 Å². The lowest BCUT2D eigenvalue weighted by atomic mass is 10.1. The molecule has 212 valence electrons. The first-order valence-corrected chi connectivity index (χ1v) is 13.6. The highest BCUT2D eigenvalue weighted by Gasteiger charge is 2.16. The molecule has 6 aromatic rings. The highest BCUT2D eigenvalue weighted by molar-refractivity contribution is 6.07. The average Bonchev–Trinajstić information content (AvgIpc) is 3.60. The van der Waals surface area contributed by atoms with Crippen LogP contribution in [0.3, 0.4) is 0 Å². The molecule has 6 rings (SSSR count). The number of methoxy groups -OCH3 is 1. The molecule has 42 heavy (non-hydrogen) atoms. The van der Waals surface area contributed by atoms with Crippen molar-refractivity contribution in [2.24, 2.45) is 0 Å². The lowest BCUT2D eigenvalue weighted by Crippen LogP contribution is -2.21. The van der Waals surface area contributed by atoms with E-state index < -0.39 is 6.03 Å². The van der Waals surface area contributed by atoms with Crippen LogP contribution in [0.2, 0.25) is 0 Å². The minimum absolute atomic E-state index is 0.366. The second kappa shape index (κ2) is 11.5. The summed E-state index contributed by atoms with van der Waals surface area (Å²) < 4.78 is 13.2. The molecular formula is C31H29N7O4. The molecule has 0 radical (unpaired) electrons. The first-order chi connectivity index (χ1) is 20.5. The fraction of sp³-hybridized carbons (Fsp3) is 0.161. The minimum Gasteiger partial charge on any atom is -0.497 e. The molecule has 0 aliphatic rings. The van der Waals surface area contributed by atoms with Gasteiger partial charge in [-0.05, 0) is 49.2 Å². The zero-order chi connectivity index (χ0) is 29.1. The van der Waals surface area contributed by atoms with Gasteiger partial charge < -0.3 is 19.8 Å². The number of carbonyl (C=O) groups excluding carboxylic acids is 1. The van der Waals surface area contributed by atoms with Gasteiger partial charge in [-0.15, -0.1) is 0 Å². The van der Waals surface area contributed by atoms with Crippen LogP contribution in [0.25, 0.3) is 27.6 Å². The third kappa shape index (κ3) is 5.39. The van der Waals surface area contributed by atoms with Gasteiger partial charge in [0.15, 0.2) is 11.4 Å². The maximum absolute atomic E-state index is 13.3. The molecule has 0 saturated carbocycles. The molecule has 3 heterocycles. The van der Waals surface area contributed by atoms with Crippen molar-refractivity contribution >= 4 is 39.5 Å². The molecule has 0 aliphatic carbocycles. The molecule has 0 bridgehead atoms. The van der Waals surface area contributed by atoms with Crippen molar-refractivity contribution in [2.45, 2.75) is 26.2 Å². The number of hydrogen-bond acceptors (Lipinski definition) is 6. The van der Waals surface area contributed by atoms with E-state index in [-0.39, 0.29) is 5.69 Å². The first-order valence-electron chi connectivity index (χ1n) is 13.6. The fourth-order valence-electron chi connectivity index (χ4n) is 4.77. The number of unbranched alkanes of at least 4 members (excludes halogenated alkanes) is 1. The Balaban J connectivity index is 1.27. The van der Waals surface area contributed by atoms with Crippen molar-refractivity contribution in [3.05, 3.63) is 95.2 Å². The van der Waals surface area contributed by atoms with Crippen LogP contribution in [0.1, 0.15) is 25.5 Å². The summed E-state index contributed by atoms with van der Waals surface area (Å²) in [5, 5.41) is 12.3. The molecule has 3 aromatic carbocycles. The Kier molecular flexibility index (Phi) is 7.29. The van der Waals surface area contributed by atoms with Crippen molar-refractivity contribution < 1.29 is 14.3 Å². The van der Waals surface area contributed by atoms with E-state index in [9.17, 15) is 9.59 Å². The van der Waals surface area contributed by atoms with Gasteiger partial charge in [0.25, 0.3) is 0 Å². The van der Waals surface area contributed by atoms with Crippen molar-refractivity contribution in [2.75, 3.05) is 17.7 Å². The van der Waals surface area contributed by atoms with Crippen molar-refractivity contribution in [1.82, 2.24) is 24.7 Å². The Bertz CT molecular complexity index is 1940. The zero-order valence-corrected chi connectivity index (χ0v) is 23.1. The van der Waals surface area contributed by atoms with Crippen LogP contribution >= 0.6 is 0 Å². The Morgan fingerprint density at radius 2 is 1.76 bits per heavy atom. The Labute approximate surface area is 240 Å². The number of rotatable bonds is 9. The summed E-state index contributed by atoms with van der Waals surface area (Å²) in [6.45, 7) is 2.13. The van der Waals surface area contributed by atoms with E-state index in [0.717, 1.165) is 47.2 Å². The summed E-state index contributed by atoms with van der Waals surface area (Å²) >= 11 is 0. The fourth-order valence-corrected chi connectivity index (χ4v) is 4.77. The van der Waals surface area contributed by atoms with Gasteiger partial charge in [0.05, 0.1) is 24.2 Å². The number of imidazole rings is 1. The average molecular weight is 564 g/mol. The highest BCUT2D eigenvalue weighted by Crippen LogP contribution is 2.36. The molecule has 0 unspecified atom stereocenters. The molecule has 0 atom stereocenters. The summed E-state index contributed by atoms with van der Waals surface area (Å²) in [6, 6.07) is 21.8. The molecule has 0 spiro atoms. The Morgan fingerprint density at radius 1 is 0.952 bits per heavy atom. The lowest BCUT2D eigenvalue weighted by molar-refractivity contribution is 0.262. The van der Waals surface area contributed by atoms with E-state index in [1.807, 2.05) is 54.6 Å². The van der Waals surface area contributed by atoms with E-state index in [0.29, 0.717) is 34.2 Å². The summed E-state index contributed by atoms with van der Waals surface area (Å²) in [6.07, 6.45) is 4.41. The van der Waals surface area contributed by atoms with Crippen LogP contribution in [0.15, 0.2) is 83.8 Å². The SMILES string of the molecule is CCCCc1cc(NC(=O)Nc2ccc(Oc3ccnc4[nH]c(=O)[nH]c34)c3ccccc23)n(-c2ccc(OC)cc2)n1. The number of carbonyl (C=O) groups is 1. The molecule has 2 amide bonds. The summed E-state index contributed by atoms with van der Waals surface area (Å²) in [5.41, 5.74) is 2.81. The number of aromatic amines is 2. The molecule has 0 fully saturated rings. The number of benzene rings is 3. The molecule has 4 N–H and O–H groups in total. The number of ether oxygens (including phenoxy) is 2. The predicted octanol–water partition coefficient (Wildman–Crippen LogP) is 6.38. The zero-order valence-electron chi connectivity index (χ0n) is 23.1. The van der Waals surface area contributed by atoms with Crippen molar-refractivity contribution in [3.63, 3.8) is 0 Å². The number of nitrogens with one attached hydrogen (secondary N) is 4. The van der Waals surface area contributed by atoms with Crippen LogP contribution in [0, 0.1) is 0 Å². The van der Waals surface area contributed by atoms with Gasteiger partial charge in [-0.25, -0.2) is 19.3 Å². The van der Waals surface area contributed by atoms with Crippen molar-refractivity contribution in [3.8, 4) is 22.9 Å². The van der Waals surface area contributed by atoms with Gasteiger partial charge in [0.2, 0.25) is 0 Å².